The number of ether oxygens (including phenoxy) is 2. The SMILES string of the molecule is Cc1ccc(C(CNC(=O)COc2ccccc2)N2CCOCC2)cc1. The largest absolute Gasteiger partial charge is 0.484 e. The fourth-order valence-electron chi connectivity index (χ4n) is 3.06. The summed E-state index contributed by atoms with van der Waals surface area (Å²) in [6, 6.07) is 18.0. The van der Waals surface area contributed by atoms with Crippen LogP contribution in [0, 0.1) is 6.92 Å². The van der Waals surface area contributed by atoms with Gasteiger partial charge in [0.05, 0.1) is 19.3 Å². The second-order valence-electron chi connectivity index (χ2n) is 6.48. The van der Waals surface area contributed by atoms with Gasteiger partial charge in [-0.05, 0) is 24.6 Å². The van der Waals surface area contributed by atoms with Gasteiger partial charge in [-0.2, -0.15) is 0 Å². The molecule has 5 heteroatoms. The number of hydrogen-bond acceptors (Lipinski definition) is 4. The number of nitrogens with zero attached hydrogens (tertiary/aromatic N) is 1. The minimum absolute atomic E-state index is 0.0216. The lowest BCUT2D eigenvalue weighted by Crippen LogP contribution is -2.44. The molecule has 0 aliphatic carbocycles. The molecule has 1 amide bonds. The Bertz CT molecular complexity index is 682. The first kappa shape index (κ1) is 18.4. The van der Waals surface area contributed by atoms with Gasteiger partial charge in [0.2, 0.25) is 0 Å². The predicted molar refractivity (Wildman–Crippen MR) is 101 cm³/mol. The Morgan fingerprint density at radius 2 is 1.81 bits per heavy atom. The van der Waals surface area contributed by atoms with Crippen molar-refractivity contribution in [2.45, 2.75) is 13.0 Å². The summed E-state index contributed by atoms with van der Waals surface area (Å²) in [5.74, 6) is 0.588. The average Bonchev–Trinajstić information content (AvgIpc) is 2.69. The van der Waals surface area contributed by atoms with Crippen LogP contribution in [0.15, 0.2) is 54.6 Å². The third-order valence-corrected chi connectivity index (χ3v) is 4.55. The van der Waals surface area contributed by atoms with Crippen molar-refractivity contribution in [3.63, 3.8) is 0 Å². The molecular weight excluding hydrogens is 328 g/mol. The maximum Gasteiger partial charge on any atom is 0.258 e. The molecule has 0 aromatic heterocycles. The second kappa shape index (κ2) is 9.36. The van der Waals surface area contributed by atoms with Crippen molar-refractivity contribution in [1.29, 1.82) is 0 Å². The van der Waals surface area contributed by atoms with Crippen LogP contribution in [0.5, 0.6) is 5.75 Å². The molecule has 0 bridgehead atoms. The third kappa shape index (κ3) is 5.31. The van der Waals surface area contributed by atoms with Gasteiger partial charge in [0, 0.05) is 19.6 Å². The Morgan fingerprint density at radius 1 is 1.12 bits per heavy atom. The first-order valence-electron chi connectivity index (χ1n) is 9.05. The van der Waals surface area contributed by atoms with Gasteiger partial charge in [-0.15, -0.1) is 0 Å². The van der Waals surface area contributed by atoms with E-state index in [0.717, 1.165) is 26.3 Å². The quantitative estimate of drug-likeness (QED) is 0.830. The molecule has 0 saturated carbocycles. The summed E-state index contributed by atoms with van der Waals surface area (Å²) in [7, 11) is 0. The number of benzene rings is 2. The zero-order chi connectivity index (χ0) is 18.2. The van der Waals surface area contributed by atoms with Crippen LogP contribution >= 0.6 is 0 Å². The van der Waals surface area contributed by atoms with Crippen LogP contribution in [0.1, 0.15) is 17.2 Å². The summed E-state index contributed by atoms with van der Waals surface area (Å²) < 4.78 is 11.0. The summed E-state index contributed by atoms with van der Waals surface area (Å²) in [6.07, 6.45) is 0. The highest BCUT2D eigenvalue weighted by molar-refractivity contribution is 5.77. The molecule has 5 nitrogen and oxygen atoms in total. The van der Waals surface area contributed by atoms with Gasteiger partial charge < -0.3 is 14.8 Å². The van der Waals surface area contributed by atoms with Crippen molar-refractivity contribution < 1.29 is 14.3 Å². The minimum Gasteiger partial charge on any atom is -0.484 e. The molecule has 1 saturated heterocycles. The normalized spacial score (nSPS) is 16.0. The molecule has 0 spiro atoms. The molecule has 1 heterocycles. The van der Waals surface area contributed by atoms with Crippen LogP contribution in [0.3, 0.4) is 0 Å². The zero-order valence-corrected chi connectivity index (χ0v) is 15.2. The van der Waals surface area contributed by atoms with Crippen molar-refractivity contribution in [2.24, 2.45) is 0 Å². The number of aryl methyl sites for hydroxylation is 1. The summed E-state index contributed by atoms with van der Waals surface area (Å²) in [6.45, 7) is 5.86. The van der Waals surface area contributed by atoms with Gasteiger partial charge in [-0.3, -0.25) is 9.69 Å². The van der Waals surface area contributed by atoms with Gasteiger partial charge in [-0.25, -0.2) is 0 Å². The fourth-order valence-corrected chi connectivity index (χ4v) is 3.06. The fraction of sp³-hybridized carbons (Fsp3) is 0.381. The standard InChI is InChI=1S/C21H26N2O3/c1-17-7-9-18(10-8-17)20(23-11-13-25-14-12-23)15-22-21(24)16-26-19-5-3-2-4-6-19/h2-10,20H,11-16H2,1H3,(H,22,24). The summed E-state index contributed by atoms with van der Waals surface area (Å²) in [5.41, 5.74) is 2.44. The van der Waals surface area contributed by atoms with E-state index in [1.807, 2.05) is 30.3 Å². The number of nitrogens with one attached hydrogen (secondary N) is 1. The Morgan fingerprint density at radius 3 is 2.50 bits per heavy atom. The Kier molecular flexibility index (Phi) is 6.63. The molecule has 1 N–H and O–H groups in total. The molecule has 2 aromatic rings. The van der Waals surface area contributed by atoms with Crippen LogP contribution in [0.4, 0.5) is 0 Å². The van der Waals surface area contributed by atoms with Crippen molar-refractivity contribution in [2.75, 3.05) is 39.5 Å². The number of carbonyl (C=O) groups is 1. The molecule has 1 unspecified atom stereocenters. The third-order valence-electron chi connectivity index (χ3n) is 4.55. The lowest BCUT2D eigenvalue weighted by Gasteiger charge is -2.35. The molecule has 3 rings (SSSR count). The van der Waals surface area contributed by atoms with E-state index in [9.17, 15) is 4.79 Å². The highest BCUT2D eigenvalue weighted by atomic mass is 16.5. The lowest BCUT2D eigenvalue weighted by molar-refractivity contribution is -0.123. The maximum absolute atomic E-state index is 12.2. The van der Waals surface area contributed by atoms with Gasteiger partial charge >= 0.3 is 0 Å². The van der Waals surface area contributed by atoms with Crippen LogP contribution in [0.25, 0.3) is 0 Å². The molecule has 26 heavy (non-hydrogen) atoms. The van der Waals surface area contributed by atoms with Crippen molar-refractivity contribution in [3.8, 4) is 5.75 Å². The van der Waals surface area contributed by atoms with Gasteiger partial charge in [-0.1, -0.05) is 48.0 Å². The second-order valence-corrected chi connectivity index (χ2v) is 6.48. The smallest absolute Gasteiger partial charge is 0.258 e. The van der Waals surface area contributed by atoms with Crippen molar-refractivity contribution >= 4 is 5.91 Å². The van der Waals surface area contributed by atoms with Crippen LogP contribution < -0.4 is 10.1 Å². The topological polar surface area (TPSA) is 50.8 Å². The van der Waals surface area contributed by atoms with Gasteiger partial charge in [0.25, 0.3) is 5.91 Å². The Labute approximate surface area is 154 Å². The van der Waals surface area contributed by atoms with E-state index >= 15 is 0 Å². The van der Waals surface area contributed by atoms with E-state index in [1.54, 1.807) is 0 Å². The highest BCUT2D eigenvalue weighted by Crippen LogP contribution is 2.21. The first-order chi connectivity index (χ1) is 12.7. The molecule has 138 valence electrons. The van der Waals surface area contributed by atoms with Crippen molar-refractivity contribution in [3.05, 3.63) is 65.7 Å². The van der Waals surface area contributed by atoms with E-state index < -0.39 is 0 Å². The molecular formula is C21H26N2O3. The number of rotatable bonds is 7. The van der Waals surface area contributed by atoms with E-state index in [4.69, 9.17) is 9.47 Å². The number of carbonyl (C=O) groups excluding carboxylic acids is 1. The summed E-state index contributed by atoms with van der Waals surface area (Å²) in [4.78, 5) is 14.6. The van der Waals surface area contributed by atoms with Crippen LogP contribution in [0.2, 0.25) is 0 Å². The van der Waals surface area contributed by atoms with E-state index in [2.05, 4.69) is 41.4 Å². The first-order valence-corrected chi connectivity index (χ1v) is 9.05. The monoisotopic (exact) mass is 354 g/mol. The van der Waals surface area contributed by atoms with Gasteiger partial charge in [0.15, 0.2) is 6.61 Å². The van der Waals surface area contributed by atoms with E-state index in [0.29, 0.717) is 12.3 Å². The Balaban J connectivity index is 1.58. The predicted octanol–water partition coefficient (Wildman–Crippen LogP) is 2.56. The number of para-hydroxylation sites is 1. The average molecular weight is 354 g/mol. The molecule has 0 radical (unpaired) electrons. The van der Waals surface area contributed by atoms with Gasteiger partial charge in [0.1, 0.15) is 5.75 Å². The summed E-state index contributed by atoms with van der Waals surface area (Å²) in [5, 5.41) is 3.02. The minimum atomic E-state index is -0.112. The van der Waals surface area contributed by atoms with E-state index in [1.165, 1.54) is 11.1 Å². The number of amides is 1. The Hall–Kier alpha value is -2.37. The van der Waals surface area contributed by atoms with E-state index in [-0.39, 0.29) is 18.6 Å². The van der Waals surface area contributed by atoms with Crippen LogP contribution in [-0.2, 0) is 9.53 Å². The molecule has 1 atom stereocenters. The summed E-state index contributed by atoms with van der Waals surface area (Å²) >= 11 is 0. The molecule has 1 aliphatic rings. The number of hydrogen-bond donors (Lipinski definition) is 1. The molecule has 1 aliphatic heterocycles. The number of morpholine rings is 1. The van der Waals surface area contributed by atoms with Crippen LogP contribution in [-0.4, -0.2) is 50.3 Å². The zero-order valence-electron chi connectivity index (χ0n) is 15.2. The molecule has 2 aromatic carbocycles. The lowest BCUT2D eigenvalue weighted by atomic mass is 10.0. The van der Waals surface area contributed by atoms with Crippen molar-refractivity contribution in [1.82, 2.24) is 10.2 Å². The maximum atomic E-state index is 12.2. The molecule has 1 fully saturated rings. The highest BCUT2D eigenvalue weighted by Gasteiger charge is 2.23.